The third kappa shape index (κ3) is 3.34. The highest BCUT2D eigenvalue weighted by Gasteiger charge is 2.16. The van der Waals surface area contributed by atoms with Crippen LogP contribution in [0.5, 0.6) is 0 Å². The minimum absolute atomic E-state index is 0.0429. The van der Waals surface area contributed by atoms with Crippen LogP contribution in [0.4, 0.5) is 11.5 Å². The molecule has 0 atom stereocenters. The summed E-state index contributed by atoms with van der Waals surface area (Å²) in [5.74, 6) is 0.0907. The highest BCUT2D eigenvalue weighted by atomic mass is 79.9. The summed E-state index contributed by atoms with van der Waals surface area (Å²) in [5.41, 5.74) is 6.05. The van der Waals surface area contributed by atoms with Gasteiger partial charge in [0.05, 0.1) is 4.90 Å². The first kappa shape index (κ1) is 14.0. The van der Waals surface area contributed by atoms with E-state index in [-0.39, 0.29) is 16.0 Å². The number of nitrogen functional groups attached to an aromatic ring is 1. The van der Waals surface area contributed by atoms with Gasteiger partial charge in [-0.25, -0.2) is 13.4 Å². The van der Waals surface area contributed by atoms with Gasteiger partial charge >= 0.3 is 0 Å². The molecule has 0 aliphatic carbocycles. The van der Waals surface area contributed by atoms with Crippen LogP contribution in [0.1, 0.15) is 0 Å². The molecule has 1 heterocycles. The first-order valence-electron chi connectivity index (χ1n) is 4.95. The summed E-state index contributed by atoms with van der Waals surface area (Å²) < 4.78 is 27.0. The summed E-state index contributed by atoms with van der Waals surface area (Å²) in [6.07, 6.45) is 1.35. The maximum absolute atomic E-state index is 12.1. The van der Waals surface area contributed by atoms with E-state index in [0.717, 1.165) is 0 Å². The molecule has 19 heavy (non-hydrogen) atoms. The fourth-order valence-corrected chi connectivity index (χ4v) is 2.97. The second kappa shape index (κ2) is 5.32. The topological polar surface area (TPSA) is 98.0 Å². The average molecular weight is 364 g/mol. The largest absolute Gasteiger partial charge is 0.398 e. The number of halogens is 2. The maximum Gasteiger partial charge on any atom is 0.263 e. The standard InChI is InChI=1S/C10H8BrClN4O2S/c11-7-5-6(1-2-8(7)13)19(17,18)16-9-3-4-14-10(12)15-9/h1-5H,13H2,(H,14,15,16). The monoisotopic (exact) mass is 362 g/mol. The van der Waals surface area contributed by atoms with Crippen molar-refractivity contribution < 1.29 is 8.42 Å². The number of nitrogens with zero attached hydrogens (tertiary/aromatic N) is 2. The number of hydrogen-bond acceptors (Lipinski definition) is 5. The molecule has 0 fully saturated rings. The molecule has 3 N–H and O–H groups in total. The molecular weight excluding hydrogens is 356 g/mol. The lowest BCUT2D eigenvalue weighted by Crippen LogP contribution is -2.14. The van der Waals surface area contributed by atoms with Crippen molar-refractivity contribution >= 4 is 49.1 Å². The number of rotatable bonds is 3. The van der Waals surface area contributed by atoms with Crippen molar-refractivity contribution in [3.8, 4) is 0 Å². The average Bonchev–Trinajstić information content (AvgIpc) is 2.32. The zero-order chi connectivity index (χ0) is 14.0. The molecule has 0 radical (unpaired) electrons. The van der Waals surface area contributed by atoms with Gasteiger partial charge in [-0.05, 0) is 51.8 Å². The Labute approximate surface area is 123 Å². The molecule has 2 aromatic rings. The first-order valence-corrected chi connectivity index (χ1v) is 7.60. The van der Waals surface area contributed by atoms with E-state index in [1.54, 1.807) is 0 Å². The van der Waals surface area contributed by atoms with Crippen LogP contribution in [-0.4, -0.2) is 18.4 Å². The van der Waals surface area contributed by atoms with E-state index in [1.807, 2.05) is 0 Å². The second-order valence-electron chi connectivity index (χ2n) is 3.50. The van der Waals surface area contributed by atoms with Crippen LogP contribution in [0.25, 0.3) is 0 Å². The van der Waals surface area contributed by atoms with Crippen molar-refractivity contribution in [1.29, 1.82) is 0 Å². The smallest absolute Gasteiger partial charge is 0.263 e. The molecule has 1 aromatic carbocycles. The number of hydrogen-bond donors (Lipinski definition) is 2. The van der Waals surface area contributed by atoms with Gasteiger partial charge in [0.25, 0.3) is 10.0 Å². The third-order valence-electron chi connectivity index (χ3n) is 2.15. The predicted octanol–water partition coefficient (Wildman–Crippen LogP) is 2.28. The first-order chi connectivity index (χ1) is 8.88. The SMILES string of the molecule is Nc1ccc(S(=O)(=O)Nc2ccnc(Cl)n2)cc1Br. The maximum atomic E-state index is 12.1. The summed E-state index contributed by atoms with van der Waals surface area (Å²) in [6.45, 7) is 0. The number of anilines is 2. The van der Waals surface area contributed by atoms with E-state index < -0.39 is 10.0 Å². The summed E-state index contributed by atoms with van der Waals surface area (Å²) in [4.78, 5) is 7.47. The van der Waals surface area contributed by atoms with Gasteiger partial charge in [-0.3, -0.25) is 4.72 Å². The fraction of sp³-hybridized carbons (Fsp3) is 0. The third-order valence-corrected chi connectivity index (χ3v) is 4.37. The van der Waals surface area contributed by atoms with Gasteiger partial charge in [-0.2, -0.15) is 4.98 Å². The van der Waals surface area contributed by atoms with Gasteiger partial charge in [0.2, 0.25) is 5.28 Å². The molecule has 0 saturated heterocycles. The van der Waals surface area contributed by atoms with E-state index in [4.69, 9.17) is 17.3 Å². The Morgan fingerprint density at radius 3 is 2.68 bits per heavy atom. The number of nitrogens with two attached hydrogens (primary N) is 1. The predicted molar refractivity (Wildman–Crippen MR) is 76.4 cm³/mol. The molecule has 6 nitrogen and oxygen atoms in total. The Morgan fingerprint density at radius 1 is 1.32 bits per heavy atom. The van der Waals surface area contributed by atoms with Crippen LogP contribution < -0.4 is 10.5 Å². The Morgan fingerprint density at radius 2 is 2.05 bits per heavy atom. The molecule has 0 amide bonds. The fourth-order valence-electron chi connectivity index (χ4n) is 1.26. The van der Waals surface area contributed by atoms with Gasteiger partial charge in [-0.15, -0.1) is 0 Å². The summed E-state index contributed by atoms with van der Waals surface area (Å²) in [7, 11) is -3.75. The van der Waals surface area contributed by atoms with Crippen LogP contribution in [0.2, 0.25) is 5.28 Å². The van der Waals surface area contributed by atoms with Crippen molar-refractivity contribution in [2.24, 2.45) is 0 Å². The molecule has 0 aliphatic rings. The lowest BCUT2D eigenvalue weighted by atomic mass is 10.3. The van der Waals surface area contributed by atoms with E-state index in [0.29, 0.717) is 10.2 Å². The Hall–Kier alpha value is -1.38. The van der Waals surface area contributed by atoms with E-state index in [2.05, 4.69) is 30.6 Å². The van der Waals surface area contributed by atoms with Crippen molar-refractivity contribution in [2.45, 2.75) is 4.90 Å². The zero-order valence-electron chi connectivity index (χ0n) is 9.34. The quantitative estimate of drug-likeness (QED) is 0.644. The molecular formula is C10H8BrClN4O2S. The van der Waals surface area contributed by atoms with Gasteiger partial charge < -0.3 is 5.73 Å². The van der Waals surface area contributed by atoms with E-state index >= 15 is 0 Å². The molecule has 0 saturated carbocycles. The molecule has 100 valence electrons. The molecule has 0 aliphatic heterocycles. The normalized spacial score (nSPS) is 11.3. The molecule has 0 bridgehead atoms. The minimum atomic E-state index is -3.75. The van der Waals surface area contributed by atoms with Crippen molar-refractivity contribution in [2.75, 3.05) is 10.5 Å². The zero-order valence-corrected chi connectivity index (χ0v) is 12.5. The van der Waals surface area contributed by atoms with Crippen molar-refractivity contribution in [1.82, 2.24) is 9.97 Å². The van der Waals surface area contributed by atoms with Crippen LogP contribution in [0.3, 0.4) is 0 Å². The van der Waals surface area contributed by atoms with Gasteiger partial charge in [0, 0.05) is 16.4 Å². The summed E-state index contributed by atoms with van der Waals surface area (Å²) >= 11 is 8.76. The molecule has 0 spiro atoms. The van der Waals surface area contributed by atoms with Crippen molar-refractivity contribution in [3.05, 3.63) is 40.2 Å². The number of nitrogens with one attached hydrogen (secondary N) is 1. The highest BCUT2D eigenvalue weighted by Crippen LogP contribution is 2.24. The van der Waals surface area contributed by atoms with E-state index in [9.17, 15) is 8.42 Å². The van der Waals surface area contributed by atoms with E-state index in [1.165, 1.54) is 30.5 Å². The van der Waals surface area contributed by atoms with Crippen LogP contribution in [-0.2, 0) is 10.0 Å². The van der Waals surface area contributed by atoms with Gasteiger partial charge in [-0.1, -0.05) is 0 Å². The van der Waals surface area contributed by atoms with Gasteiger partial charge in [0.1, 0.15) is 5.82 Å². The minimum Gasteiger partial charge on any atom is -0.398 e. The van der Waals surface area contributed by atoms with Crippen LogP contribution in [0.15, 0.2) is 39.8 Å². The van der Waals surface area contributed by atoms with Gasteiger partial charge in [0.15, 0.2) is 0 Å². The second-order valence-corrected chi connectivity index (χ2v) is 6.37. The summed E-state index contributed by atoms with van der Waals surface area (Å²) in [5, 5.41) is -0.0429. The highest BCUT2D eigenvalue weighted by molar-refractivity contribution is 9.10. The number of benzene rings is 1. The lowest BCUT2D eigenvalue weighted by Gasteiger charge is -2.08. The van der Waals surface area contributed by atoms with Crippen LogP contribution >= 0.6 is 27.5 Å². The molecule has 2 rings (SSSR count). The molecule has 9 heteroatoms. The lowest BCUT2D eigenvalue weighted by molar-refractivity contribution is 0.601. The Kier molecular flexibility index (Phi) is 3.93. The summed E-state index contributed by atoms with van der Waals surface area (Å²) in [6, 6.07) is 5.69. The molecule has 1 aromatic heterocycles. The number of aromatic nitrogens is 2. The van der Waals surface area contributed by atoms with Crippen molar-refractivity contribution in [3.63, 3.8) is 0 Å². The molecule has 0 unspecified atom stereocenters. The van der Waals surface area contributed by atoms with Crippen LogP contribution in [0, 0.1) is 0 Å². The number of sulfonamides is 1. The Bertz CT molecular complexity index is 723. The Balaban J connectivity index is 2.35.